The summed E-state index contributed by atoms with van der Waals surface area (Å²) in [4.78, 5) is 10.6. The van der Waals surface area contributed by atoms with Crippen molar-refractivity contribution in [3.8, 4) is 0 Å². The highest BCUT2D eigenvalue weighted by molar-refractivity contribution is 7.85. The molecule has 0 aliphatic heterocycles. The number of benzene rings is 1. The van der Waals surface area contributed by atoms with Gasteiger partial charge in [0.25, 0.3) is 0 Å². The van der Waals surface area contributed by atoms with Crippen LogP contribution >= 0.6 is 0 Å². The number of nitrogens with two attached hydrogens (primary N) is 1. The SMILES string of the molecule is NC(CS(=O)c1cccc(F)c1)C(=O)O. The predicted octanol–water partition coefficient (Wildman–Crippen LogP) is 0.345. The molecular formula is C9H10FNO3S. The van der Waals surface area contributed by atoms with Gasteiger partial charge < -0.3 is 10.8 Å². The van der Waals surface area contributed by atoms with Gasteiger partial charge in [0.2, 0.25) is 0 Å². The van der Waals surface area contributed by atoms with Crippen LogP contribution in [0.2, 0.25) is 0 Å². The van der Waals surface area contributed by atoms with Crippen LogP contribution in [0, 0.1) is 5.82 Å². The molecule has 82 valence electrons. The summed E-state index contributed by atoms with van der Waals surface area (Å²) in [5.74, 6) is -1.96. The monoisotopic (exact) mass is 231 g/mol. The third-order valence-corrected chi connectivity index (χ3v) is 3.15. The van der Waals surface area contributed by atoms with Gasteiger partial charge in [-0.3, -0.25) is 9.00 Å². The molecule has 0 bridgehead atoms. The molecule has 4 nitrogen and oxygen atoms in total. The lowest BCUT2D eigenvalue weighted by molar-refractivity contribution is -0.137. The van der Waals surface area contributed by atoms with Crippen LogP contribution < -0.4 is 5.73 Å². The number of halogens is 1. The molecule has 1 rings (SSSR count). The number of hydrogen-bond acceptors (Lipinski definition) is 3. The zero-order valence-electron chi connectivity index (χ0n) is 7.72. The fourth-order valence-electron chi connectivity index (χ4n) is 0.939. The summed E-state index contributed by atoms with van der Waals surface area (Å²) < 4.78 is 24.3. The van der Waals surface area contributed by atoms with Gasteiger partial charge in [-0.25, -0.2) is 4.39 Å². The summed E-state index contributed by atoms with van der Waals surface area (Å²) in [6.45, 7) is 0. The van der Waals surface area contributed by atoms with Crippen molar-refractivity contribution < 1.29 is 18.5 Å². The van der Waals surface area contributed by atoms with E-state index in [1.54, 1.807) is 0 Å². The molecule has 0 fully saturated rings. The number of carbonyl (C=O) groups is 1. The summed E-state index contributed by atoms with van der Waals surface area (Å²) in [6, 6.07) is 4.00. The van der Waals surface area contributed by atoms with Crippen LogP contribution in [-0.2, 0) is 15.6 Å². The van der Waals surface area contributed by atoms with E-state index in [1.807, 2.05) is 0 Å². The molecule has 0 saturated carbocycles. The number of aliphatic carboxylic acids is 1. The van der Waals surface area contributed by atoms with E-state index >= 15 is 0 Å². The van der Waals surface area contributed by atoms with E-state index in [0.717, 1.165) is 6.07 Å². The van der Waals surface area contributed by atoms with Crippen LogP contribution in [0.1, 0.15) is 0 Å². The van der Waals surface area contributed by atoms with E-state index in [1.165, 1.54) is 18.2 Å². The van der Waals surface area contributed by atoms with Crippen LogP contribution in [0.25, 0.3) is 0 Å². The van der Waals surface area contributed by atoms with Crippen LogP contribution in [0.5, 0.6) is 0 Å². The average molecular weight is 231 g/mol. The Bertz CT molecular complexity index is 397. The molecule has 0 radical (unpaired) electrons. The van der Waals surface area contributed by atoms with Crippen molar-refractivity contribution in [2.45, 2.75) is 10.9 Å². The van der Waals surface area contributed by atoms with Gasteiger partial charge in [0.05, 0.1) is 16.6 Å². The summed E-state index contributed by atoms with van der Waals surface area (Å²) in [5.41, 5.74) is 5.21. The molecule has 15 heavy (non-hydrogen) atoms. The first-order valence-electron chi connectivity index (χ1n) is 4.13. The van der Waals surface area contributed by atoms with Crippen molar-refractivity contribution in [2.24, 2.45) is 5.73 Å². The van der Waals surface area contributed by atoms with Gasteiger partial charge in [-0.05, 0) is 18.2 Å². The standard InChI is InChI=1S/C9H10FNO3S/c10-6-2-1-3-7(4-6)15(14)5-8(11)9(12)13/h1-4,8H,5,11H2,(H,12,13). The highest BCUT2D eigenvalue weighted by Gasteiger charge is 2.16. The van der Waals surface area contributed by atoms with Crippen molar-refractivity contribution in [2.75, 3.05) is 5.75 Å². The second-order valence-electron chi connectivity index (χ2n) is 2.91. The van der Waals surface area contributed by atoms with E-state index < -0.39 is 28.6 Å². The molecule has 0 aliphatic rings. The van der Waals surface area contributed by atoms with E-state index in [9.17, 15) is 13.4 Å². The van der Waals surface area contributed by atoms with Crippen LogP contribution in [0.15, 0.2) is 29.2 Å². The zero-order chi connectivity index (χ0) is 11.4. The Labute approximate surface area is 88.4 Å². The molecule has 1 aromatic carbocycles. The summed E-state index contributed by atoms with van der Waals surface area (Å²) in [7, 11) is -1.59. The molecule has 0 saturated heterocycles. The Morgan fingerprint density at radius 3 is 2.80 bits per heavy atom. The molecule has 6 heteroatoms. The van der Waals surface area contributed by atoms with E-state index in [0.29, 0.717) is 0 Å². The van der Waals surface area contributed by atoms with Crippen LogP contribution in [0.3, 0.4) is 0 Å². The lowest BCUT2D eigenvalue weighted by atomic mass is 10.3. The molecular weight excluding hydrogens is 221 g/mol. The fourth-order valence-corrected chi connectivity index (χ4v) is 2.07. The highest BCUT2D eigenvalue weighted by Crippen LogP contribution is 2.09. The lowest BCUT2D eigenvalue weighted by Gasteiger charge is -2.06. The lowest BCUT2D eigenvalue weighted by Crippen LogP contribution is -2.35. The summed E-state index contributed by atoms with van der Waals surface area (Å²) in [5, 5.41) is 8.50. The third-order valence-electron chi connectivity index (χ3n) is 1.71. The average Bonchev–Trinajstić information content (AvgIpc) is 2.17. The number of carboxylic acid groups (broad SMARTS) is 1. The van der Waals surface area contributed by atoms with Gasteiger partial charge in [-0.2, -0.15) is 0 Å². The predicted molar refractivity (Wildman–Crippen MR) is 53.3 cm³/mol. The first-order valence-corrected chi connectivity index (χ1v) is 5.45. The first-order chi connectivity index (χ1) is 7.00. The van der Waals surface area contributed by atoms with Gasteiger partial charge >= 0.3 is 5.97 Å². The largest absolute Gasteiger partial charge is 0.480 e. The third kappa shape index (κ3) is 3.41. The summed E-state index contributed by atoms with van der Waals surface area (Å²) >= 11 is 0. The van der Waals surface area contributed by atoms with Gasteiger partial charge in [0.15, 0.2) is 0 Å². The van der Waals surface area contributed by atoms with Gasteiger partial charge in [-0.1, -0.05) is 6.07 Å². The quantitative estimate of drug-likeness (QED) is 0.783. The Hall–Kier alpha value is -1.27. The zero-order valence-corrected chi connectivity index (χ0v) is 8.54. The van der Waals surface area contributed by atoms with Gasteiger partial charge in [-0.15, -0.1) is 0 Å². The minimum Gasteiger partial charge on any atom is -0.480 e. The van der Waals surface area contributed by atoms with E-state index in [4.69, 9.17) is 10.8 Å². The normalized spacial score (nSPS) is 14.5. The smallest absolute Gasteiger partial charge is 0.321 e. The van der Waals surface area contributed by atoms with Gasteiger partial charge in [0.1, 0.15) is 11.9 Å². The molecule has 2 unspecified atom stereocenters. The Balaban J connectivity index is 2.73. The molecule has 3 N–H and O–H groups in total. The second kappa shape index (κ2) is 4.99. The maximum atomic E-state index is 12.7. The topological polar surface area (TPSA) is 80.4 Å². The van der Waals surface area contributed by atoms with E-state index in [-0.39, 0.29) is 10.6 Å². The molecule has 0 amide bonds. The Kier molecular flexibility index (Phi) is 3.93. The molecule has 0 aliphatic carbocycles. The Morgan fingerprint density at radius 2 is 2.27 bits per heavy atom. The number of rotatable bonds is 4. The second-order valence-corrected chi connectivity index (χ2v) is 4.41. The van der Waals surface area contributed by atoms with Crippen molar-refractivity contribution in [3.05, 3.63) is 30.1 Å². The fraction of sp³-hybridized carbons (Fsp3) is 0.222. The van der Waals surface area contributed by atoms with Crippen LogP contribution in [-0.4, -0.2) is 27.1 Å². The minimum atomic E-state index is -1.59. The maximum absolute atomic E-state index is 12.7. The van der Waals surface area contributed by atoms with Crippen LogP contribution in [0.4, 0.5) is 4.39 Å². The molecule has 0 aromatic heterocycles. The highest BCUT2D eigenvalue weighted by atomic mass is 32.2. The summed E-state index contributed by atoms with van der Waals surface area (Å²) in [6.07, 6.45) is 0. The minimum absolute atomic E-state index is 0.223. The molecule has 1 aromatic rings. The van der Waals surface area contributed by atoms with Crippen molar-refractivity contribution in [3.63, 3.8) is 0 Å². The van der Waals surface area contributed by atoms with Crippen molar-refractivity contribution in [1.29, 1.82) is 0 Å². The van der Waals surface area contributed by atoms with E-state index in [2.05, 4.69) is 0 Å². The van der Waals surface area contributed by atoms with Crippen molar-refractivity contribution in [1.82, 2.24) is 0 Å². The number of hydrogen-bond donors (Lipinski definition) is 2. The molecule has 0 spiro atoms. The first kappa shape index (κ1) is 11.8. The maximum Gasteiger partial charge on any atom is 0.321 e. The Morgan fingerprint density at radius 1 is 1.60 bits per heavy atom. The van der Waals surface area contributed by atoms with Crippen molar-refractivity contribution >= 4 is 16.8 Å². The number of carboxylic acids is 1. The van der Waals surface area contributed by atoms with Gasteiger partial charge in [0, 0.05) is 4.90 Å². The molecule has 2 atom stereocenters. The molecule has 0 heterocycles.